The highest BCUT2D eigenvalue weighted by molar-refractivity contribution is 7.97. The molecule has 4 aromatic rings. The Morgan fingerprint density at radius 3 is 2.39 bits per heavy atom. The number of ether oxygens (including phenoxy) is 2. The minimum absolute atomic E-state index is 0.0845. The highest BCUT2D eigenvalue weighted by Crippen LogP contribution is 2.52. The number of carbonyl (C=O) groups is 1. The van der Waals surface area contributed by atoms with Gasteiger partial charge in [-0.1, -0.05) is 72.8 Å². The van der Waals surface area contributed by atoms with E-state index >= 15 is 0 Å². The van der Waals surface area contributed by atoms with Crippen LogP contribution in [-0.4, -0.2) is 25.8 Å². The standard InChI is InChI=1S/C37H37N3O3S/c1-24(39-40-37(41)27-17-15-26(16-18-27)23-44-22-25-9-5-4-6-10-25)28-19-20-33-32(21-28)29-11-7-12-30(29)35(38-33)31-13-8-14-34(42-2)36(31)43-3/h4-11,13-21,29-30,35,38H,12,22-23H2,1-3H3,(H,40,41)/b39-24-/t29-,30+,35-/m1/s1. The van der Waals surface area contributed by atoms with Crippen LogP contribution < -0.4 is 20.2 Å². The van der Waals surface area contributed by atoms with Crippen molar-refractivity contribution in [1.82, 2.24) is 5.43 Å². The number of nitrogens with one attached hydrogen (secondary N) is 2. The molecule has 1 heterocycles. The zero-order valence-corrected chi connectivity index (χ0v) is 26.1. The summed E-state index contributed by atoms with van der Waals surface area (Å²) >= 11 is 1.86. The van der Waals surface area contributed by atoms with Gasteiger partial charge in [-0.2, -0.15) is 16.9 Å². The Morgan fingerprint density at radius 2 is 1.64 bits per heavy atom. The van der Waals surface area contributed by atoms with Crippen molar-refractivity contribution in [3.63, 3.8) is 0 Å². The van der Waals surface area contributed by atoms with Crippen molar-refractivity contribution < 1.29 is 14.3 Å². The van der Waals surface area contributed by atoms with Gasteiger partial charge in [-0.05, 0) is 71.8 Å². The van der Waals surface area contributed by atoms with Gasteiger partial charge in [0.1, 0.15) is 0 Å². The molecule has 0 saturated carbocycles. The molecule has 44 heavy (non-hydrogen) atoms. The molecule has 1 aliphatic carbocycles. The number of thioether (sulfide) groups is 1. The first kappa shape index (κ1) is 29.6. The van der Waals surface area contributed by atoms with Gasteiger partial charge in [0.25, 0.3) is 5.91 Å². The molecule has 2 N–H and O–H groups in total. The van der Waals surface area contributed by atoms with Gasteiger partial charge in [0, 0.05) is 34.2 Å². The second kappa shape index (κ2) is 13.4. The van der Waals surface area contributed by atoms with Gasteiger partial charge in [-0.3, -0.25) is 4.79 Å². The van der Waals surface area contributed by atoms with Crippen LogP contribution in [0.25, 0.3) is 0 Å². The van der Waals surface area contributed by atoms with Crippen LogP contribution >= 0.6 is 11.8 Å². The normalized spacial score (nSPS) is 18.6. The Hall–Kier alpha value is -4.49. The van der Waals surface area contributed by atoms with Gasteiger partial charge in [0.2, 0.25) is 0 Å². The van der Waals surface area contributed by atoms with Gasteiger partial charge < -0.3 is 14.8 Å². The number of benzene rings is 4. The monoisotopic (exact) mass is 603 g/mol. The maximum atomic E-state index is 12.9. The number of amides is 1. The van der Waals surface area contributed by atoms with Crippen molar-refractivity contribution >= 4 is 29.1 Å². The number of carbonyl (C=O) groups excluding carboxylic acids is 1. The Labute approximate surface area is 263 Å². The SMILES string of the molecule is COc1cccc([C@@H]2Nc3ccc(/C(C)=N\NC(=O)c4ccc(CSCc5ccccc5)cc4)cc3[C@@H]3C=CC[C@@H]32)c1OC. The number of hydrogen-bond acceptors (Lipinski definition) is 6. The average Bonchev–Trinajstić information content (AvgIpc) is 3.57. The van der Waals surface area contributed by atoms with Crippen LogP contribution in [0.5, 0.6) is 11.5 Å². The zero-order chi connectivity index (χ0) is 30.5. The summed E-state index contributed by atoms with van der Waals surface area (Å²) in [5, 5.41) is 8.25. The molecule has 6 rings (SSSR count). The largest absolute Gasteiger partial charge is 0.493 e. The molecule has 0 unspecified atom stereocenters. The van der Waals surface area contributed by atoms with E-state index in [0.717, 1.165) is 52.0 Å². The molecule has 3 atom stereocenters. The lowest BCUT2D eigenvalue weighted by Gasteiger charge is -2.38. The molecule has 0 bridgehead atoms. The fourth-order valence-electron chi connectivity index (χ4n) is 6.16. The summed E-state index contributed by atoms with van der Waals surface area (Å²) in [5.41, 5.74) is 11.0. The van der Waals surface area contributed by atoms with Crippen LogP contribution in [-0.2, 0) is 11.5 Å². The van der Waals surface area contributed by atoms with Crippen LogP contribution in [0.1, 0.15) is 63.5 Å². The smallest absolute Gasteiger partial charge is 0.271 e. The van der Waals surface area contributed by atoms with Crippen molar-refractivity contribution in [3.05, 3.63) is 137 Å². The number of hydrazone groups is 1. The van der Waals surface area contributed by atoms with E-state index in [1.807, 2.05) is 61.2 Å². The second-order valence-corrected chi connectivity index (χ2v) is 12.2. The molecule has 0 aromatic heterocycles. The Kier molecular flexibility index (Phi) is 9.03. The first-order chi connectivity index (χ1) is 21.6. The van der Waals surface area contributed by atoms with Gasteiger partial charge in [0.05, 0.1) is 26.0 Å². The number of rotatable bonds is 10. The molecule has 0 saturated heterocycles. The predicted octanol–water partition coefficient (Wildman–Crippen LogP) is 8.12. The lowest BCUT2D eigenvalue weighted by atomic mass is 9.76. The lowest BCUT2D eigenvalue weighted by Crippen LogP contribution is -2.29. The number of nitrogens with zero attached hydrogens (tertiary/aromatic N) is 1. The number of methoxy groups -OCH3 is 2. The van der Waals surface area contributed by atoms with E-state index in [4.69, 9.17) is 9.47 Å². The van der Waals surface area contributed by atoms with Gasteiger partial charge in [0.15, 0.2) is 11.5 Å². The summed E-state index contributed by atoms with van der Waals surface area (Å²) in [6.45, 7) is 1.93. The van der Waals surface area contributed by atoms with Crippen LogP contribution in [0, 0.1) is 5.92 Å². The third-order valence-corrected chi connectivity index (χ3v) is 9.55. The van der Waals surface area contributed by atoms with E-state index in [9.17, 15) is 4.79 Å². The van der Waals surface area contributed by atoms with Crippen LogP contribution in [0.15, 0.2) is 108 Å². The maximum Gasteiger partial charge on any atom is 0.271 e. The molecule has 1 aliphatic heterocycles. The zero-order valence-electron chi connectivity index (χ0n) is 25.2. The minimum Gasteiger partial charge on any atom is -0.493 e. The van der Waals surface area contributed by atoms with Crippen molar-refractivity contribution in [1.29, 1.82) is 0 Å². The second-order valence-electron chi connectivity index (χ2n) is 11.2. The summed E-state index contributed by atoms with van der Waals surface area (Å²) < 4.78 is 11.4. The van der Waals surface area contributed by atoms with E-state index < -0.39 is 0 Å². The van der Waals surface area contributed by atoms with E-state index in [-0.39, 0.29) is 17.9 Å². The summed E-state index contributed by atoms with van der Waals surface area (Å²) in [4.78, 5) is 12.9. The van der Waals surface area contributed by atoms with E-state index in [1.54, 1.807) is 14.2 Å². The van der Waals surface area contributed by atoms with E-state index in [2.05, 4.69) is 76.5 Å². The molecule has 0 radical (unpaired) electrons. The Morgan fingerprint density at radius 1 is 0.886 bits per heavy atom. The average molecular weight is 604 g/mol. The summed E-state index contributed by atoms with van der Waals surface area (Å²) in [6.07, 6.45) is 5.55. The van der Waals surface area contributed by atoms with Gasteiger partial charge in [-0.25, -0.2) is 5.43 Å². The van der Waals surface area contributed by atoms with Crippen LogP contribution in [0.3, 0.4) is 0 Å². The molecule has 6 nitrogen and oxygen atoms in total. The quantitative estimate of drug-likeness (QED) is 0.109. The highest BCUT2D eigenvalue weighted by Gasteiger charge is 2.39. The van der Waals surface area contributed by atoms with E-state index in [0.29, 0.717) is 11.5 Å². The molecule has 0 spiro atoms. The van der Waals surface area contributed by atoms with E-state index in [1.165, 1.54) is 16.7 Å². The number of hydrogen-bond donors (Lipinski definition) is 2. The summed E-state index contributed by atoms with van der Waals surface area (Å²) in [6, 6.07) is 30.7. The number of para-hydroxylation sites is 1. The maximum absolute atomic E-state index is 12.9. The number of anilines is 1. The lowest BCUT2D eigenvalue weighted by molar-refractivity contribution is 0.0955. The van der Waals surface area contributed by atoms with Crippen LogP contribution in [0.2, 0.25) is 0 Å². The first-order valence-electron chi connectivity index (χ1n) is 14.9. The predicted molar refractivity (Wildman–Crippen MR) is 180 cm³/mol. The van der Waals surface area contributed by atoms with Crippen LogP contribution in [0.4, 0.5) is 5.69 Å². The fraction of sp³-hybridized carbons (Fsp3) is 0.243. The Bertz CT molecular complexity index is 1680. The Balaban J connectivity index is 1.12. The highest BCUT2D eigenvalue weighted by atomic mass is 32.2. The molecule has 4 aromatic carbocycles. The van der Waals surface area contributed by atoms with Gasteiger partial charge in [-0.15, -0.1) is 0 Å². The molecule has 224 valence electrons. The number of fused-ring (bicyclic) bond motifs is 3. The molecular formula is C37H37N3O3S. The van der Waals surface area contributed by atoms with Crippen molar-refractivity contribution in [2.75, 3.05) is 19.5 Å². The third-order valence-electron chi connectivity index (χ3n) is 8.47. The minimum atomic E-state index is -0.221. The molecular weight excluding hydrogens is 566 g/mol. The molecule has 0 fully saturated rings. The van der Waals surface area contributed by atoms with Crippen molar-refractivity contribution in [2.45, 2.75) is 36.8 Å². The fourth-order valence-corrected chi connectivity index (χ4v) is 7.12. The molecule has 2 aliphatic rings. The van der Waals surface area contributed by atoms with Gasteiger partial charge >= 0.3 is 0 Å². The third kappa shape index (κ3) is 6.24. The summed E-state index contributed by atoms with van der Waals surface area (Å²) in [7, 11) is 3.36. The molecule has 7 heteroatoms. The van der Waals surface area contributed by atoms with Crippen molar-refractivity contribution in [2.24, 2.45) is 11.0 Å². The topological polar surface area (TPSA) is 72.0 Å². The summed E-state index contributed by atoms with van der Waals surface area (Å²) in [5.74, 6) is 3.75. The molecule has 1 amide bonds. The number of allylic oxidation sites excluding steroid dienone is 2. The van der Waals surface area contributed by atoms with Crippen molar-refractivity contribution in [3.8, 4) is 11.5 Å². The first-order valence-corrected chi connectivity index (χ1v) is 16.0.